The van der Waals surface area contributed by atoms with Gasteiger partial charge in [0.15, 0.2) is 5.76 Å². The summed E-state index contributed by atoms with van der Waals surface area (Å²) in [5.41, 5.74) is 0.112. The molecule has 0 saturated carbocycles. The molecule has 0 bridgehead atoms. The molecule has 2 aromatic carbocycles. The predicted molar refractivity (Wildman–Crippen MR) is 76.2 cm³/mol. The molecule has 6 heteroatoms. The average Bonchev–Trinajstić information content (AvgIpc) is 2.51. The van der Waals surface area contributed by atoms with Crippen molar-refractivity contribution in [2.75, 3.05) is 0 Å². The number of nitrogens with zero attached hydrogens (tertiary/aromatic N) is 1. The number of hydrogen-bond acceptors (Lipinski definition) is 5. The van der Waals surface area contributed by atoms with Crippen molar-refractivity contribution in [3.8, 4) is 17.1 Å². The van der Waals surface area contributed by atoms with Crippen molar-refractivity contribution in [3.63, 3.8) is 0 Å². The summed E-state index contributed by atoms with van der Waals surface area (Å²) in [6, 6.07) is 12.0. The Labute approximate surface area is 118 Å². The van der Waals surface area contributed by atoms with Crippen molar-refractivity contribution in [2.45, 2.75) is 0 Å². The van der Waals surface area contributed by atoms with Crippen LogP contribution in [0.25, 0.3) is 22.3 Å². The van der Waals surface area contributed by atoms with E-state index in [1.165, 1.54) is 24.3 Å². The second-order valence-electron chi connectivity index (χ2n) is 4.41. The Kier molecular flexibility index (Phi) is 2.91. The average molecular weight is 283 g/mol. The Bertz CT molecular complexity index is 896. The second-order valence-corrected chi connectivity index (χ2v) is 4.41. The normalized spacial score (nSPS) is 10.7. The van der Waals surface area contributed by atoms with Gasteiger partial charge in [-0.1, -0.05) is 12.1 Å². The largest absolute Gasteiger partial charge is 0.502 e. The lowest BCUT2D eigenvalue weighted by molar-refractivity contribution is -0.384. The van der Waals surface area contributed by atoms with Gasteiger partial charge in [-0.25, -0.2) is 0 Å². The Balaban J connectivity index is 2.22. The van der Waals surface area contributed by atoms with E-state index in [1.807, 2.05) is 0 Å². The summed E-state index contributed by atoms with van der Waals surface area (Å²) in [6.45, 7) is 0. The minimum atomic E-state index is -0.537. The monoisotopic (exact) mass is 283 g/mol. The molecule has 6 nitrogen and oxygen atoms in total. The molecule has 0 radical (unpaired) electrons. The zero-order valence-electron chi connectivity index (χ0n) is 10.6. The Hall–Kier alpha value is -3.15. The lowest BCUT2D eigenvalue weighted by Gasteiger charge is -2.05. The van der Waals surface area contributed by atoms with Crippen LogP contribution in [0.3, 0.4) is 0 Å². The highest BCUT2D eigenvalue weighted by molar-refractivity contribution is 5.81. The number of rotatable bonds is 2. The molecule has 3 rings (SSSR count). The van der Waals surface area contributed by atoms with Crippen LogP contribution in [0.1, 0.15) is 0 Å². The highest BCUT2D eigenvalue weighted by Gasteiger charge is 2.15. The van der Waals surface area contributed by atoms with Crippen LogP contribution in [0.15, 0.2) is 57.7 Å². The van der Waals surface area contributed by atoms with Crippen molar-refractivity contribution in [1.29, 1.82) is 0 Å². The molecule has 104 valence electrons. The fraction of sp³-hybridized carbons (Fsp3) is 0. The Morgan fingerprint density at radius 3 is 2.38 bits per heavy atom. The number of nitro benzene ring substituents is 1. The molecule has 0 aliphatic rings. The van der Waals surface area contributed by atoms with E-state index in [9.17, 15) is 20.0 Å². The van der Waals surface area contributed by atoms with Crippen LogP contribution in [0, 0.1) is 10.1 Å². The Morgan fingerprint density at radius 1 is 1.05 bits per heavy atom. The van der Waals surface area contributed by atoms with Crippen molar-refractivity contribution in [1.82, 2.24) is 0 Å². The molecule has 0 aliphatic carbocycles. The highest BCUT2D eigenvalue weighted by atomic mass is 16.6. The molecular weight excluding hydrogens is 274 g/mol. The van der Waals surface area contributed by atoms with Crippen LogP contribution in [0.2, 0.25) is 0 Å². The van der Waals surface area contributed by atoms with Gasteiger partial charge in [0.1, 0.15) is 5.58 Å². The van der Waals surface area contributed by atoms with Crippen LogP contribution in [-0.2, 0) is 0 Å². The molecule has 0 saturated heterocycles. The third-order valence-corrected chi connectivity index (χ3v) is 3.11. The first kappa shape index (κ1) is 12.9. The summed E-state index contributed by atoms with van der Waals surface area (Å²) >= 11 is 0. The number of fused-ring (bicyclic) bond motifs is 1. The van der Waals surface area contributed by atoms with Gasteiger partial charge in [-0.15, -0.1) is 0 Å². The van der Waals surface area contributed by atoms with Gasteiger partial charge in [-0.05, 0) is 24.3 Å². The summed E-state index contributed by atoms with van der Waals surface area (Å²) in [5.74, 6) is -0.517. The summed E-state index contributed by atoms with van der Waals surface area (Å²) in [6.07, 6.45) is 0. The fourth-order valence-corrected chi connectivity index (χ4v) is 2.06. The zero-order chi connectivity index (χ0) is 15.0. The molecular formula is C15H9NO5. The van der Waals surface area contributed by atoms with Gasteiger partial charge in [-0.2, -0.15) is 0 Å². The number of hydrogen-bond donors (Lipinski definition) is 1. The smallest absolute Gasteiger partial charge is 0.269 e. The van der Waals surface area contributed by atoms with Crippen molar-refractivity contribution in [3.05, 3.63) is 68.9 Å². The van der Waals surface area contributed by atoms with Gasteiger partial charge in [0.25, 0.3) is 5.69 Å². The molecule has 0 aliphatic heterocycles. The Morgan fingerprint density at radius 2 is 1.71 bits per heavy atom. The molecule has 0 atom stereocenters. The summed E-state index contributed by atoms with van der Waals surface area (Å²) in [4.78, 5) is 22.2. The maximum Gasteiger partial charge on any atom is 0.269 e. The predicted octanol–water partition coefficient (Wildman–Crippen LogP) is 3.07. The van der Waals surface area contributed by atoms with Gasteiger partial charge in [0.2, 0.25) is 11.2 Å². The molecule has 1 heterocycles. The van der Waals surface area contributed by atoms with E-state index in [0.29, 0.717) is 11.1 Å². The molecule has 0 amide bonds. The van der Waals surface area contributed by atoms with E-state index in [2.05, 4.69) is 0 Å². The second kappa shape index (κ2) is 4.75. The van der Waals surface area contributed by atoms with Gasteiger partial charge < -0.3 is 9.52 Å². The summed E-state index contributed by atoms with van der Waals surface area (Å²) < 4.78 is 5.54. The molecule has 1 N–H and O–H groups in total. The van der Waals surface area contributed by atoms with E-state index in [1.54, 1.807) is 24.3 Å². The third-order valence-electron chi connectivity index (χ3n) is 3.11. The van der Waals surface area contributed by atoms with E-state index in [0.717, 1.165) is 0 Å². The van der Waals surface area contributed by atoms with Crippen LogP contribution < -0.4 is 5.43 Å². The highest BCUT2D eigenvalue weighted by Crippen LogP contribution is 2.30. The van der Waals surface area contributed by atoms with E-state index < -0.39 is 16.1 Å². The molecule has 0 unspecified atom stereocenters. The maximum atomic E-state index is 12.1. The first-order valence-electron chi connectivity index (χ1n) is 6.07. The van der Waals surface area contributed by atoms with Gasteiger partial charge in [0, 0.05) is 17.7 Å². The van der Waals surface area contributed by atoms with E-state index in [-0.39, 0.29) is 16.8 Å². The van der Waals surface area contributed by atoms with Crippen molar-refractivity contribution in [2.24, 2.45) is 0 Å². The first-order valence-corrected chi connectivity index (χ1v) is 6.07. The van der Waals surface area contributed by atoms with E-state index >= 15 is 0 Å². The van der Waals surface area contributed by atoms with Crippen LogP contribution >= 0.6 is 0 Å². The number of aromatic hydroxyl groups is 1. The lowest BCUT2D eigenvalue weighted by Crippen LogP contribution is -2.02. The minimum absolute atomic E-state index is 0.00593. The molecule has 3 aromatic rings. The maximum absolute atomic E-state index is 12.1. The van der Waals surface area contributed by atoms with Gasteiger partial charge in [-0.3, -0.25) is 14.9 Å². The SMILES string of the molecule is O=c1c(O)c(-c2ccc([N+](=O)[O-])cc2)oc2ccccc12. The standard InChI is InChI=1S/C15H9NO5/c17-13-11-3-1-2-4-12(11)21-15(14(13)18)9-5-7-10(8-6-9)16(19)20/h1-8,18H. The third kappa shape index (κ3) is 2.12. The summed E-state index contributed by atoms with van der Waals surface area (Å²) in [5, 5.41) is 20.9. The fourth-order valence-electron chi connectivity index (χ4n) is 2.06. The first-order chi connectivity index (χ1) is 10.1. The topological polar surface area (TPSA) is 93.6 Å². The molecule has 0 spiro atoms. The number of nitro groups is 1. The van der Waals surface area contributed by atoms with Gasteiger partial charge in [0.05, 0.1) is 10.3 Å². The van der Waals surface area contributed by atoms with Crippen molar-refractivity contribution >= 4 is 16.7 Å². The molecule has 1 aromatic heterocycles. The van der Waals surface area contributed by atoms with E-state index in [4.69, 9.17) is 4.42 Å². The number of benzene rings is 2. The summed E-state index contributed by atoms with van der Waals surface area (Å²) in [7, 11) is 0. The zero-order valence-corrected chi connectivity index (χ0v) is 10.6. The molecule has 21 heavy (non-hydrogen) atoms. The molecule has 0 fully saturated rings. The van der Waals surface area contributed by atoms with Crippen LogP contribution in [0.5, 0.6) is 5.75 Å². The lowest BCUT2D eigenvalue weighted by atomic mass is 10.1. The quantitative estimate of drug-likeness (QED) is 0.576. The minimum Gasteiger partial charge on any atom is -0.502 e. The number of non-ortho nitro benzene ring substituents is 1. The number of para-hydroxylation sites is 1. The van der Waals surface area contributed by atoms with Gasteiger partial charge >= 0.3 is 0 Å². The van der Waals surface area contributed by atoms with Crippen LogP contribution in [0.4, 0.5) is 5.69 Å². The van der Waals surface area contributed by atoms with Crippen LogP contribution in [-0.4, -0.2) is 10.0 Å². The van der Waals surface area contributed by atoms with Crippen molar-refractivity contribution < 1.29 is 14.4 Å².